The van der Waals surface area contributed by atoms with Gasteiger partial charge in [0, 0.05) is 29.4 Å². The van der Waals surface area contributed by atoms with Gasteiger partial charge in [-0.1, -0.05) is 94.6 Å². The molecule has 0 aliphatic carbocycles. The molecule has 0 aromatic heterocycles. The lowest BCUT2D eigenvalue weighted by Gasteiger charge is -2.25. The number of alkyl halides is 7. The standard InChI is InChI=1S/C27H26F7OS.C12H27S.C8H11S/c1-19-16-23(36(21-10-5-3-6-11-21)22-12-7-4-8-13-22)17-20(2)24(19)35-15-9-14-25(28,29)18-26(30,31)27(32,33)34;1-4-7-10-13(11-8-5-2)12-9-6-3;1-9(2)8-6-4-3-5-7-8/h3-8,10-13,16-17H,9,14-15,18H2,1-2H3;4-12H2,1-3H3;3-7H,1-2H3/q3*+1. The second-order valence-corrected chi connectivity index (χ2v) is 21.0. The first kappa shape index (κ1) is 51.4. The maximum atomic E-state index is 13.8. The van der Waals surface area contributed by atoms with Crippen LogP contribution in [-0.2, 0) is 32.7 Å². The Morgan fingerprint density at radius 2 is 0.931 bits per heavy atom. The summed E-state index contributed by atoms with van der Waals surface area (Å²) in [7, 11) is 0.799. The van der Waals surface area contributed by atoms with Gasteiger partial charge in [0.15, 0.2) is 19.6 Å². The molecule has 11 heteroatoms. The summed E-state index contributed by atoms with van der Waals surface area (Å²) < 4.78 is 96.0. The van der Waals surface area contributed by atoms with Crippen LogP contribution in [0.1, 0.15) is 89.7 Å². The number of rotatable bonds is 20. The molecule has 4 rings (SSSR count). The zero-order valence-corrected chi connectivity index (χ0v) is 37.7. The zero-order chi connectivity index (χ0) is 43.2. The lowest BCUT2D eigenvalue weighted by Crippen LogP contribution is -2.41. The normalized spacial score (nSPS) is 11.9. The van der Waals surface area contributed by atoms with Crippen LogP contribution in [-0.4, -0.2) is 54.4 Å². The van der Waals surface area contributed by atoms with Crippen LogP contribution < -0.4 is 4.74 Å². The fourth-order valence-corrected chi connectivity index (χ4v) is 11.5. The molecule has 0 amide bonds. The van der Waals surface area contributed by atoms with Crippen molar-refractivity contribution in [2.24, 2.45) is 0 Å². The van der Waals surface area contributed by atoms with E-state index in [1.807, 2.05) is 86.6 Å². The second kappa shape index (κ2) is 26.5. The largest absolute Gasteiger partial charge is 0.493 e. The number of hydrogen-bond donors (Lipinski definition) is 0. The highest BCUT2D eigenvalue weighted by molar-refractivity contribution is 7.97. The monoisotopic (exact) mass is 873 g/mol. The van der Waals surface area contributed by atoms with Crippen LogP contribution in [0, 0.1) is 13.8 Å². The second-order valence-electron chi connectivity index (χ2n) is 14.4. The predicted molar refractivity (Wildman–Crippen MR) is 237 cm³/mol. The van der Waals surface area contributed by atoms with E-state index in [9.17, 15) is 30.7 Å². The van der Waals surface area contributed by atoms with Crippen LogP contribution in [0.4, 0.5) is 30.7 Å². The molecule has 0 spiro atoms. The van der Waals surface area contributed by atoms with E-state index < -0.39 is 41.8 Å². The molecule has 0 fully saturated rings. The molecule has 0 aliphatic rings. The Labute approximate surface area is 353 Å². The third-order valence-corrected chi connectivity index (χ3v) is 15.0. The molecule has 1 nitrogen and oxygen atoms in total. The van der Waals surface area contributed by atoms with Crippen molar-refractivity contribution in [2.45, 2.75) is 130 Å². The maximum Gasteiger partial charge on any atom is 0.453 e. The van der Waals surface area contributed by atoms with Crippen molar-refractivity contribution in [3.05, 3.63) is 114 Å². The van der Waals surface area contributed by atoms with E-state index in [-0.39, 0.29) is 13.0 Å². The summed E-state index contributed by atoms with van der Waals surface area (Å²) in [6.07, 6.45) is 2.86. The Balaban J connectivity index is 0.000000428. The van der Waals surface area contributed by atoms with Crippen molar-refractivity contribution in [2.75, 3.05) is 36.4 Å². The highest BCUT2D eigenvalue weighted by atomic mass is 32.2. The third kappa shape index (κ3) is 18.7. The fraction of sp³-hybridized carbons (Fsp3) is 0.489. The van der Waals surface area contributed by atoms with E-state index in [0.29, 0.717) is 16.6 Å². The van der Waals surface area contributed by atoms with Gasteiger partial charge in [-0.3, -0.25) is 0 Å². The van der Waals surface area contributed by atoms with Crippen LogP contribution in [0.5, 0.6) is 5.75 Å². The molecular formula is C47H64F7OS3+3. The molecule has 0 heterocycles. The number of aryl methyl sites for hydroxylation is 2. The van der Waals surface area contributed by atoms with E-state index >= 15 is 0 Å². The highest BCUT2D eigenvalue weighted by Crippen LogP contribution is 2.44. The molecule has 0 unspecified atom stereocenters. The minimum Gasteiger partial charge on any atom is -0.493 e. The van der Waals surface area contributed by atoms with Gasteiger partial charge in [-0.05, 0) is 98.0 Å². The fourth-order valence-electron chi connectivity index (χ4n) is 5.84. The van der Waals surface area contributed by atoms with Gasteiger partial charge in [-0.2, -0.15) is 22.0 Å². The topological polar surface area (TPSA) is 9.23 Å². The Morgan fingerprint density at radius 3 is 1.28 bits per heavy atom. The van der Waals surface area contributed by atoms with Crippen LogP contribution in [0.25, 0.3) is 0 Å². The number of unbranched alkanes of at least 4 members (excludes halogenated alkanes) is 3. The molecular weight excluding hydrogens is 810 g/mol. The summed E-state index contributed by atoms with van der Waals surface area (Å²) in [5.74, 6) is -4.61. The minimum absolute atomic E-state index is 0.239. The first-order chi connectivity index (χ1) is 27.5. The zero-order valence-electron chi connectivity index (χ0n) is 35.3. The third-order valence-electron chi connectivity index (χ3n) is 9.03. The Hall–Kier alpha value is -2.76. The first-order valence-corrected chi connectivity index (χ1v) is 25.1. The molecule has 0 bridgehead atoms. The predicted octanol–water partition coefficient (Wildman–Crippen LogP) is 14.7. The highest BCUT2D eigenvalue weighted by Gasteiger charge is 2.61. The van der Waals surface area contributed by atoms with Crippen LogP contribution in [0.15, 0.2) is 123 Å². The molecule has 58 heavy (non-hydrogen) atoms. The minimum atomic E-state index is -6.01. The molecule has 0 saturated carbocycles. The van der Waals surface area contributed by atoms with E-state index in [4.69, 9.17) is 4.74 Å². The van der Waals surface area contributed by atoms with Crippen LogP contribution in [0.3, 0.4) is 0 Å². The summed E-state index contributed by atoms with van der Waals surface area (Å²) >= 11 is 0. The van der Waals surface area contributed by atoms with Gasteiger partial charge in [0.1, 0.15) is 35.5 Å². The quantitative estimate of drug-likeness (QED) is 0.0488. The number of halogens is 7. The number of benzene rings is 4. The SMILES string of the molecule is CCCC[S+](CCCC)CCCC.C[S+](C)c1ccccc1.Cc1cc([S+](c2ccccc2)c2ccccc2)cc(C)c1OCCCC(F)(F)CC(F)(F)C(F)(F)F. The van der Waals surface area contributed by atoms with Gasteiger partial charge in [0.2, 0.25) is 0 Å². The van der Waals surface area contributed by atoms with Crippen LogP contribution in [0.2, 0.25) is 0 Å². The van der Waals surface area contributed by atoms with Crippen molar-refractivity contribution in [1.29, 1.82) is 0 Å². The van der Waals surface area contributed by atoms with E-state index in [2.05, 4.69) is 63.6 Å². The molecule has 322 valence electrons. The van der Waals surface area contributed by atoms with E-state index in [0.717, 1.165) is 36.7 Å². The van der Waals surface area contributed by atoms with Crippen molar-refractivity contribution in [3.8, 4) is 5.75 Å². The molecule has 4 aromatic rings. The van der Waals surface area contributed by atoms with E-state index in [1.54, 1.807) is 0 Å². The average molecular weight is 874 g/mol. The summed E-state index contributed by atoms with van der Waals surface area (Å²) in [5, 5.41) is 0. The molecule has 0 saturated heterocycles. The lowest BCUT2D eigenvalue weighted by atomic mass is 10.0. The lowest BCUT2D eigenvalue weighted by molar-refractivity contribution is -0.301. The summed E-state index contributed by atoms with van der Waals surface area (Å²) in [5.41, 5.74) is 1.54. The molecule has 0 aliphatic heterocycles. The Bertz CT molecular complexity index is 1590. The summed E-state index contributed by atoms with van der Waals surface area (Å²) in [4.78, 5) is 4.72. The molecule has 4 aromatic carbocycles. The van der Waals surface area contributed by atoms with Crippen molar-refractivity contribution in [1.82, 2.24) is 0 Å². The summed E-state index contributed by atoms with van der Waals surface area (Å²) in [6, 6.07) is 34.4. The number of ether oxygens (including phenoxy) is 1. The van der Waals surface area contributed by atoms with Gasteiger partial charge < -0.3 is 4.74 Å². The van der Waals surface area contributed by atoms with Gasteiger partial charge >= 0.3 is 12.1 Å². The summed E-state index contributed by atoms with van der Waals surface area (Å²) in [6.45, 7) is 10.3. The van der Waals surface area contributed by atoms with Crippen molar-refractivity contribution < 1.29 is 35.5 Å². The van der Waals surface area contributed by atoms with Crippen molar-refractivity contribution in [3.63, 3.8) is 0 Å². The van der Waals surface area contributed by atoms with E-state index in [1.165, 1.54) is 60.7 Å². The molecule has 0 N–H and O–H groups in total. The average Bonchev–Trinajstić information content (AvgIpc) is 3.18. The maximum absolute atomic E-state index is 13.8. The van der Waals surface area contributed by atoms with Gasteiger partial charge in [0.05, 0.1) is 23.9 Å². The molecule has 0 atom stereocenters. The smallest absolute Gasteiger partial charge is 0.453 e. The van der Waals surface area contributed by atoms with Gasteiger partial charge in [-0.15, -0.1) is 0 Å². The van der Waals surface area contributed by atoms with Gasteiger partial charge in [0.25, 0.3) is 5.92 Å². The Morgan fingerprint density at radius 1 is 0.534 bits per heavy atom. The number of hydrogen-bond acceptors (Lipinski definition) is 1. The Kier molecular flexibility index (Phi) is 23.4. The first-order valence-electron chi connectivity index (χ1n) is 20.1. The molecule has 0 radical (unpaired) electrons. The van der Waals surface area contributed by atoms with Gasteiger partial charge in [-0.25, -0.2) is 8.78 Å². The van der Waals surface area contributed by atoms with Crippen molar-refractivity contribution >= 4 is 32.7 Å². The van der Waals surface area contributed by atoms with Crippen LogP contribution >= 0.6 is 0 Å².